The Bertz CT molecular complexity index is 1120. The van der Waals surface area contributed by atoms with Crippen molar-refractivity contribution in [2.24, 2.45) is 0 Å². The monoisotopic (exact) mass is 466 g/mol. The van der Waals surface area contributed by atoms with Gasteiger partial charge in [0.1, 0.15) is 0 Å². The van der Waals surface area contributed by atoms with Crippen LogP contribution in [0.1, 0.15) is 11.1 Å². The molecule has 0 N–H and O–H groups in total. The van der Waals surface area contributed by atoms with Gasteiger partial charge in [-0.2, -0.15) is 0 Å². The van der Waals surface area contributed by atoms with E-state index in [0.29, 0.717) is 0 Å². The highest BCUT2D eigenvalue weighted by Gasteiger charge is 2.38. The molecule has 0 atom stereocenters. The molecule has 0 unspecified atom stereocenters. The van der Waals surface area contributed by atoms with Gasteiger partial charge in [0.25, 0.3) is 0 Å². The minimum Gasteiger partial charge on any atom is -0.275 e. The Kier molecular flexibility index (Phi) is 7.74. The molecule has 0 bridgehead atoms. The lowest BCUT2D eigenvalue weighted by atomic mass is 10.1. The normalized spacial score (nSPS) is 17.2. The van der Waals surface area contributed by atoms with E-state index in [0.717, 1.165) is 5.56 Å². The molecule has 0 aromatic heterocycles. The molecule has 32 heavy (non-hydrogen) atoms. The van der Waals surface area contributed by atoms with E-state index >= 15 is 0 Å². The fourth-order valence-corrected chi connectivity index (χ4v) is 14.3. The standard InChI is InChI=1S/C26H36N4P2/c1-27(2)31(28(3)4)21-25(24-17-13-10-14-18-24)26(20-19-23-15-11-9-12-16-23)32(22-31,29(5)6)30(7)8/h9-18,21-22H,1-8H3. The molecule has 1 aliphatic rings. The van der Waals surface area contributed by atoms with Crippen LogP contribution >= 0.6 is 14.4 Å². The second-order valence-corrected chi connectivity index (χ2v) is 16.3. The number of allylic oxidation sites excluding steroid dienone is 2. The first-order chi connectivity index (χ1) is 15.1. The molecule has 2 aromatic rings. The fraction of sp³-hybridized carbons (Fsp3) is 0.308. The molecule has 0 saturated carbocycles. The van der Waals surface area contributed by atoms with Gasteiger partial charge in [-0.15, -0.1) is 0 Å². The van der Waals surface area contributed by atoms with Gasteiger partial charge in [0, 0.05) is 18.3 Å². The third-order valence-electron chi connectivity index (χ3n) is 5.92. The van der Waals surface area contributed by atoms with Gasteiger partial charge in [-0.25, -0.2) is 0 Å². The Labute approximate surface area is 195 Å². The second kappa shape index (κ2) is 9.98. The maximum atomic E-state index is 3.67. The van der Waals surface area contributed by atoms with Crippen molar-refractivity contribution in [3.05, 3.63) is 77.1 Å². The summed E-state index contributed by atoms with van der Waals surface area (Å²) in [5.74, 6) is 9.63. The van der Waals surface area contributed by atoms with Crippen molar-refractivity contribution < 1.29 is 0 Å². The van der Waals surface area contributed by atoms with Crippen LogP contribution in [0.25, 0.3) is 5.57 Å². The van der Waals surface area contributed by atoms with Crippen LogP contribution in [0.5, 0.6) is 0 Å². The minimum atomic E-state index is -2.05. The van der Waals surface area contributed by atoms with E-state index < -0.39 is 14.4 Å². The average molecular weight is 467 g/mol. The van der Waals surface area contributed by atoms with Crippen LogP contribution in [0.4, 0.5) is 0 Å². The molecule has 6 heteroatoms. The van der Waals surface area contributed by atoms with Crippen LogP contribution in [-0.2, 0) is 0 Å². The van der Waals surface area contributed by atoms with Gasteiger partial charge in [0.05, 0.1) is 12.5 Å². The average Bonchev–Trinajstić information content (AvgIpc) is 2.77. The summed E-state index contributed by atoms with van der Waals surface area (Å²) >= 11 is 0. The number of hydrogen-bond donors (Lipinski definition) is 0. The van der Waals surface area contributed by atoms with Crippen LogP contribution in [0, 0.1) is 11.8 Å². The lowest BCUT2D eigenvalue weighted by Gasteiger charge is -2.47. The molecule has 0 fully saturated rings. The highest BCUT2D eigenvalue weighted by atomic mass is 31.2. The van der Waals surface area contributed by atoms with Crippen molar-refractivity contribution >= 4 is 31.3 Å². The van der Waals surface area contributed by atoms with Crippen molar-refractivity contribution in [2.45, 2.75) is 0 Å². The van der Waals surface area contributed by atoms with Gasteiger partial charge in [-0.05, 0) is 85.4 Å². The van der Waals surface area contributed by atoms with Crippen LogP contribution in [0.2, 0.25) is 0 Å². The van der Waals surface area contributed by atoms with E-state index in [-0.39, 0.29) is 0 Å². The number of rotatable bonds is 5. The largest absolute Gasteiger partial charge is 0.275 e. The van der Waals surface area contributed by atoms with Crippen LogP contribution < -0.4 is 0 Å². The summed E-state index contributed by atoms with van der Waals surface area (Å²) in [5, 5.41) is 1.21. The highest BCUT2D eigenvalue weighted by molar-refractivity contribution is 7.99. The molecule has 4 nitrogen and oxygen atoms in total. The molecular formula is C26H36N4P2. The predicted octanol–water partition coefficient (Wildman–Crippen LogP) is 4.97. The lowest BCUT2D eigenvalue weighted by Crippen LogP contribution is -2.32. The molecule has 3 rings (SSSR count). The van der Waals surface area contributed by atoms with E-state index in [4.69, 9.17) is 0 Å². The molecule has 0 amide bonds. The van der Waals surface area contributed by atoms with Gasteiger partial charge in [0.15, 0.2) is 0 Å². The molecule has 0 saturated heterocycles. The van der Waals surface area contributed by atoms with Gasteiger partial charge >= 0.3 is 0 Å². The van der Waals surface area contributed by atoms with Gasteiger partial charge in [-0.1, -0.05) is 60.4 Å². The summed E-state index contributed by atoms with van der Waals surface area (Å²) in [4.78, 5) is 0. The molecule has 170 valence electrons. The summed E-state index contributed by atoms with van der Waals surface area (Å²) in [5.41, 5.74) is 6.14. The Morgan fingerprint density at radius 3 is 1.56 bits per heavy atom. The lowest BCUT2D eigenvalue weighted by molar-refractivity contribution is 0.573. The first kappa shape index (κ1) is 24.8. The van der Waals surface area contributed by atoms with Crippen molar-refractivity contribution in [2.75, 3.05) is 56.4 Å². The van der Waals surface area contributed by atoms with Crippen molar-refractivity contribution in [1.82, 2.24) is 18.7 Å². The van der Waals surface area contributed by atoms with E-state index in [2.05, 4.69) is 141 Å². The van der Waals surface area contributed by atoms with Crippen molar-refractivity contribution in [3.8, 4) is 11.8 Å². The van der Waals surface area contributed by atoms with Crippen LogP contribution in [0.3, 0.4) is 0 Å². The molecule has 0 spiro atoms. The predicted molar refractivity (Wildman–Crippen MR) is 147 cm³/mol. The topological polar surface area (TPSA) is 13.0 Å². The fourth-order valence-electron chi connectivity index (χ4n) is 4.15. The Morgan fingerprint density at radius 2 is 1.09 bits per heavy atom. The smallest absolute Gasteiger partial charge is 0.0613 e. The van der Waals surface area contributed by atoms with Gasteiger partial charge in [-0.3, -0.25) is 18.7 Å². The number of benzene rings is 2. The molecule has 1 heterocycles. The summed E-state index contributed by atoms with van der Waals surface area (Å²) in [6.07, 6.45) is 0. The molecule has 2 aromatic carbocycles. The number of nitrogens with zero attached hydrogens (tertiary/aromatic N) is 4. The Balaban J connectivity index is 2.52. The van der Waals surface area contributed by atoms with E-state index in [1.165, 1.54) is 16.5 Å². The zero-order valence-corrected chi connectivity index (χ0v) is 22.4. The zero-order chi connectivity index (χ0) is 23.5. The van der Waals surface area contributed by atoms with E-state index in [9.17, 15) is 0 Å². The third kappa shape index (κ3) is 4.48. The second-order valence-electron chi connectivity index (χ2n) is 8.73. The summed E-state index contributed by atoms with van der Waals surface area (Å²) in [6, 6.07) is 21.0. The first-order valence-corrected chi connectivity index (χ1v) is 14.3. The van der Waals surface area contributed by atoms with Crippen LogP contribution in [0.15, 0.2) is 66.0 Å². The SMILES string of the molecule is CN(C)P1(N(C)C)=CC(c2ccccc2)=C(C#Cc2ccccc2)P(N(C)C)(N(C)C)=C1. The molecule has 0 radical (unpaired) electrons. The molecular weight excluding hydrogens is 430 g/mol. The summed E-state index contributed by atoms with van der Waals surface area (Å²) < 4.78 is 9.61. The van der Waals surface area contributed by atoms with E-state index in [1.807, 2.05) is 18.2 Å². The minimum absolute atomic E-state index is 1.04. The van der Waals surface area contributed by atoms with Gasteiger partial charge in [0.2, 0.25) is 0 Å². The van der Waals surface area contributed by atoms with Crippen molar-refractivity contribution in [3.63, 3.8) is 0 Å². The maximum Gasteiger partial charge on any atom is 0.0613 e. The third-order valence-corrected chi connectivity index (χ3v) is 15.2. The first-order valence-electron chi connectivity index (χ1n) is 10.7. The highest BCUT2D eigenvalue weighted by Crippen LogP contribution is 2.69. The zero-order valence-electron chi connectivity index (χ0n) is 20.6. The Hall–Kier alpha value is -1.82. The van der Waals surface area contributed by atoms with E-state index in [1.54, 1.807) is 0 Å². The summed E-state index contributed by atoms with van der Waals surface area (Å²) in [6.45, 7) is 0. The quantitative estimate of drug-likeness (QED) is 0.456. The summed E-state index contributed by atoms with van der Waals surface area (Å²) in [7, 11) is 13.7. The molecule has 1 aliphatic heterocycles. The molecule has 0 aliphatic carbocycles. The van der Waals surface area contributed by atoms with Crippen molar-refractivity contribution in [1.29, 1.82) is 0 Å². The maximum absolute atomic E-state index is 3.67. The van der Waals surface area contributed by atoms with Gasteiger partial charge < -0.3 is 0 Å². The Morgan fingerprint density at radius 1 is 0.594 bits per heavy atom. The number of hydrogen-bond acceptors (Lipinski definition) is 4. The van der Waals surface area contributed by atoms with Crippen LogP contribution in [-0.4, -0.2) is 86.4 Å².